The predicted molar refractivity (Wildman–Crippen MR) is 89.5 cm³/mol. The number of nitrogens with two attached hydrogens (primary N) is 1. The van der Waals surface area contributed by atoms with Gasteiger partial charge in [0.1, 0.15) is 5.82 Å². The van der Waals surface area contributed by atoms with Gasteiger partial charge in [0.05, 0.1) is 11.4 Å². The zero-order chi connectivity index (χ0) is 17.1. The van der Waals surface area contributed by atoms with E-state index in [0.29, 0.717) is 35.7 Å². The second-order valence-electron chi connectivity index (χ2n) is 5.85. The molecule has 1 heterocycles. The highest BCUT2D eigenvalue weighted by Gasteiger charge is 2.19. The average Bonchev–Trinajstić information content (AvgIpc) is 3.00. The molecule has 5 nitrogen and oxygen atoms in total. The Balaban J connectivity index is 1.60. The molecule has 3 rings (SSSR count). The van der Waals surface area contributed by atoms with Gasteiger partial charge in [0, 0.05) is 18.1 Å². The van der Waals surface area contributed by atoms with Crippen molar-refractivity contribution in [3.63, 3.8) is 0 Å². The molecule has 3 N–H and O–H groups in total. The Bertz CT molecular complexity index is 764. The molecule has 0 bridgehead atoms. The second-order valence-corrected chi connectivity index (χ2v) is 5.85. The van der Waals surface area contributed by atoms with E-state index in [1.807, 2.05) is 13.0 Å². The Morgan fingerprint density at radius 1 is 1.29 bits per heavy atom. The minimum absolute atomic E-state index is 0.142. The van der Waals surface area contributed by atoms with E-state index in [1.54, 1.807) is 18.2 Å². The molecule has 0 aromatic heterocycles. The quantitative estimate of drug-likeness (QED) is 0.825. The number of hydrogen-bond donors (Lipinski definition) is 2. The van der Waals surface area contributed by atoms with Crippen LogP contribution in [0.4, 0.5) is 15.8 Å². The zero-order valence-electron chi connectivity index (χ0n) is 13.3. The molecule has 1 aliphatic rings. The van der Waals surface area contributed by atoms with Crippen molar-refractivity contribution in [2.45, 2.75) is 19.8 Å². The molecular weight excluding hydrogens is 311 g/mol. The average molecular weight is 330 g/mol. The molecule has 1 aliphatic heterocycles. The Morgan fingerprint density at radius 3 is 2.79 bits per heavy atom. The molecule has 2 aromatic carbocycles. The van der Waals surface area contributed by atoms with Gasteiger partial charge in [0.25, 0.3) is 0 Å². The van der Waals surface area contributed by atoms with Gasteiger partial charge in [-0.1, -0.05) is 19.1 Å². The van der Waals surface area contributed by atoms with Gasteiger partial charge in [-0.15, -0.1) is 0 Å². The van der Waals surface area contributed by atoms with E-state index in [0.717, 1.165) is 5.56 Å². The number of halogens is 1. The third-order valence-electron chi connectivity index (χ3n) is 4.01. The normalized spacial score (nSPS) is 13.6. The van der Waals surface area contributed by atoms with Gasteiger partial charge < -0.3 is 20.5 Å². The molecule has 24 heavy (non-hydrogen) atoms. The van der Waals surface area contributed by atoms with Crippen molar-refractivity contribution in [1.82, 2.24) is 0 Å². The summed E-state index contributed by atoms with van der Waals surface area (Å²) in [5.41, 5.74) is 7.73. The maximum Gasteiger partial charge on any atom is 0.231 e. The van der Waals surface area contributed by atoms with Crippen molar-refractivity contribution in [3.05, 3.63) is 47.8 Å². The molecule has 126 valence electrons. The maximum atomic E-state index is 13.2. The summed E-state index contributed by atoms with van der Waals surface area (Å²) in [6, 6.07) is 9.71. The van der Waals surface area contributed by atoms with E-state index in [2.05, 4.69) is 5.32 Å². The highest BCUT2D eigenvalue weighted by Crippen LogP contribution is 2.38. The van der Waals surface area contributed by atoms with E-state index in [1.165, 1.54) is 12.1 Å². The van der Waals surface area contributed by atoms with E-state index in [9.17, 15) is 9.18 Å². The van der Waals surface area contributed by atoms with E-state index < -0.39 is 0 Å². The number of benzene rings is 2. The number of carbonyl (C=O) groups is 1. The Hall–Kier alpha value is -2.76. The molecule has 1 amide bonds. The molecule has 1 unspecified atom stereocenters. The Kier molecular flexibility index (Phi) is 4.55. The number of hydrogen-bond acceptors (Lipinski definition) is 4. The highest BCUT2D eigenvalue weighted by atomic mass is 19.1. The molecule has 0 radical (unpaired) electrons. The lowest BCUT2D eigenvalue weighted by Crippen LogP contribution is -2.21. The third-order valence-corrected chi connectivity index (χ3v) is 4.01. The van der Waals surface area contributed by atoms with Crippen molar-refractivity contribution in [2.24, 2.45) is 5.92 Å². The minimum Gasteiger partial charge on any atom is -0.454 e. The summed E-state index contributed by atoms with van der Waals surface area (Å²) in [5.74, 6) is 0.490. The van der Waals surface area contributed by atoms with Crippen LogP contribution in [0.5, 0.6) is 11.5 Å². The summed E-state index contributed by atoms with van der Waals surface area (Å²) in [7, 11) is 0. The number of rotatable bonds is 5. The van der Waals surface area contributed by atoms with Crippen LogP contribution in [0, 0.1) is 11.7 Å². The number of carbonyl (C=O) groups excluding carboxylic acids is 1. The first-order chi connectivity index (χ1) is 11.5. The van der Waals surface area contributed by atoms with Gasteiger partial charge in [-0.05, 0) is 30.5 Å². The standard InChI is InChI=1S/C18H19FN2O3/c1-11(5-6-12-3-2-4-13(19)7-12)18(22)21-15-9-17-16(8-14(15)20)23-10-24-17/h2-4,7-9,11H,5-6,10,20H2,1H3,(H,21,22). The monoisotopic (exact) mass is 330 g/mol. The summed E-state index contributed by atoms with van der Waals surface area (Å²) >= 11 is 0. The molecule has 0 fully saturated rings. The number of fused-ring (bicyclic) bond motifs is 1. The van der Waals surface area contributed by atoms with Crippen molar-refractivity contribution in [1.29, 1.82) is 0 Å². The van der Waals surface area contributed by atoms with Crippen molar-refractivity contribution in [3.8, 4) is 11.5 Å². The first kappa shape index (κ1) is 16.1. The van der Waals surface area contributed by atoms with Crippen LogP contribution in [0.15, 0.2) is 36.4 Å². The van der Waals surface area contributed by atoms with Gasteiger partial charge in [-0.3, -0.25) is 4.79 Å². The van der Waals surface area contributed by atoms with Crippen LogP contribution in [0.3, 0.4) is 0 Å². The van der Waals surface area contributed by atoms with Crippen LogP contribution in [0.1, 0.15) is 18.9 Å². The lowest BCUT2D eigenvalue weighted by molar-refractivity contribution is -0.119. The SMILES string of the molecule is CC(CCc1cccc(F)c1)C(=O)Nc1cc2c(cc1N)OCO2. The smallest absolute Gasteiger partial charge is 0.231 e. The Labute approximate surface area is 139 Å². The molecule has 0 spiro atoms. The summed E-state index contributed by atoms with van der Waals surface area (Å²) in [6.45, 7) is 1.98. The molecular formula is C18H19FN2O3. The number of nitrogens with one attached hydrogen (secondary N) is 1. The van der Waals surface area contributed by atoms with E-state index in [4.69, 9.17) is 15.2 Å². The van der Waals surface area contributed by atoms with Crippen LogP contribution in [-0.2, 0) is 11.2 Å². The summed E-state index contributed by atoms with van der Waals surface area (Å²) in [6.07, 6.45) is 1.24. The van der Waals surface area contributed by atoms with Gasteiger partial charge in [-0.25, -0.2) is 4.39 Å². The summed E-state index contributed by atoms with van der Waals surface area (Å²) in [4.78, 5) is 12.3. The summed E-state index contributed by atoms with van der Waals surface area (Å²) in [5, 5.41) is 2.81. The van der Waals surface area contributed by atoms with Crippen LogP contribution >= 0.6 is 0 Å². The molecule has 0 aliphatic carbocycles. The van der Waals surface area contributed by atoms with Crippen molar-refractivity contribution in [2.75, 3.05) is 17.8 Å². The fraction of sp³-hybridized carbons (Fsp3) is 0.278. The van der Waals surface area contributed by atoms with Gasteiger partial charge in [0.2, 0.25) is 12.7 Å². The first-order valence-electron chi connectivity index (χ1n) is 7.77. The van der Waals surface area contributed by atoms with Gasteiger partial charge in [-0.2, -0.15) is 0 Å². The largest absolute Gasteiger partial charge is 0.454 e. The molecule has 2 aromatic rings. The van der Waals surface area contributed by atoms with Crippen LogP contribution < -0.4 is 20.5 Å². The molecule has 6 heteroatoms. The Morgan fingerprint density at radius 2 is 2.04 bits per heavy atom. The number of anilines is 2. The first-order valence-corrected chi connectivity index (χ1v) is 7.77. The lowest BCUT2D eigenvalue weighted by atomic mass is 10.00. The number of amides is 1. The fourth-order valence-electron chi connectivity index (χ4n) is 2.53. The highest BCUT2D eigenvalue weighted by molar-refractivity contribution is 5.95. The van der Waals surface area contributed by atoms with E-state index >= 15 is 0 Å². The van der Waals surface area contributed by atoms with E-state index in [-0.39, 0.29) is 24.4 Å². The van der Waals surface area contributed by atoms with Crippen LogP contribution in [-0.4, -0.2) is 12.7 Å². The maximum absolute atomic E-state index is 13.2. The predicted octanol–water partition coefficient (Wildman–Crippen LogP) is 3.34. The minimum atomic E-state index is -0.266. The van der Waals surface area contributed by atoms with Gasteiger partial charge >= 0.3 is 0 Å². The number of aryl methyl sites for hydroxylation is 1. The topological polar surface area (TPSA) is 73.6 Å². The molecule has 1 atom stereocenters. The fourth-order valence-corrected chi connectivity index (χ4v) is 2.53. The third kappa shape index (κ3) is 3.59. The number of nitrogen functional groups attached to an aromatic ring is 1. The number of ether oxygens (including phenoxy) is 2. The zero-order valence-corrected chi connectivity index (χ0v) is 13.3. The summed E-state index contributed by atoms with van der Waals surface area (Å²) < 4.78 is 23.7. The molecule has 0 saturated heterocycles. The lowest BCUT2D eigenvalue weighted by Gasteiger charge is -2.14. The molecule has 0 saturated carbocycles. The van der Waals surface area contributed by atoms with Crippen molar-refractivity contribution >= 4 is 17.3 Å². The van der Waals surface area contributed by atoms with Crippen LogP contribution in [0.25, 0.3) is 0 Å². The van der Waals surface area contributed by atoms with Gasteiger partial charge in [0.15, 0.2) is 11.5 Å². The second kappa shape index (κ2) is 6.78. The van der Waals surface area contributed by atoms with Crippen LogP contribution in [0.2, 0.25) is 0 Å². The van der Waals surface area contributed by atoms with Crippen molar-refractivity contribution < 1.29 is 18.7 Å².